The van der Waals surface area contributed by atoms with E-state index in [1.807, 2.05) is 30.3 Å². The average Bonchev–Trinajstić information content (AvgIpc) is 3.06. The van der Waals surface area contributed by atoms with Crippen LogP contribution < -0.4 is 10.6 Å². The number of terminal acetylenes is 3. The number of nitrogens with zero attached hydrogens (tertiary/aromatic N) is 2. The summed E-state index contributed by atoms with van der Waals surface area (Å²) in [6.45, 7) is -0.0830. The largest absolute Gasteiger partial charge is 0.389 e. The number of benzene rings is 1. The van der Waals surface area contributed by atoms with E-state index in [-0.39, 0.29) is 37.6 Å². The number of carbonyl (C=O) groups is 3. The highest BCUT2D eigenvalue weighted by molar-refractivity contribution is 5.91. The van der Waals surface area contributed by atoms with Crippen molar-refractivity contribution < 1.29 is 29.0 Å². The monoisotopic (exact) mass is 636 g/mol. The molecule has 3 amide bonds. The number of amides is 3. The molecule has 4 unspecified atom stereocenters. The molecule has 250 valence electrons. The topological polar surface area (TPSA) is 122 Å². The molecule has 10 heteroatoms. The number of hydrogen-bond acceptors (Lipinski definition) is 6. The van der Waals surface area contributed by atoms with Gasteiger partial charge in [0.05, 0.1) is 18.1 Å². The number of aliphatic hydroxyl groups is 2. The van der Waals surface area contributed by atoms with Gasteiger partial charge in [0.1, 0.15) is 24.9 Å². The predicted octanol–water partition coefficient (Wildman–Crippen LogP) is 2.12. The van der Waals surface area contributed by atoms with Gasteiger partial charge in [0.2, 0.25) is 17.7 Å². The Hall–Kier alpha value is -3.88. The second kappa shape index (κ2) is 20.3. The fourth-order valence-electron chi connectivity index (χ4n) is 5.69. The van der Waals surface area contributed by atoms with Crippen LogP contribution in [0.3, 0.4) is 0 Å². The van der Waals surface area contributed by atoms with Gasteiger partial charge in [-0.2, -0.15) is 0 Å². The molecule has 1 aromatic rings. The zero-order valence-corrected chi connectivity index (χ0v) is 27.0. The summed E-state index contributed by atoms with van der Waals surface area (Å²) in [5.41, 5.74) is 0.805. The van der Waals surface area contributed by atoms with Crippen LogP contribution in [-0.2, 0) is 20.8 Å². The van der Waals surface area contributed by atoms with E-state index in [0.29, 0.717) is 13.0 Å². The molecule has 0 aromatic heterocycles. The van der Waals surface area contributed by atoms with Gasteiger partial charge in [-0.3, -0.25) is 19.3 Å². The van der Waals surface area contributed by atoms with Gasteiger partial charge in [-0.1, -0.05) is 74.3 Å². The maximum Gasteiger partial charge on any atom is 0.245 e. The van der Waals surface area contributed by atoms with E-state index in [0.717, 1.165) is 37.7 Å². The number of carbonyl (C=O) groups excluding carboxylic acids is 3. The molecule has 46 heavy (non-hydrogen) atoms. The molecule has 1 aromatic carbocycles. The van der Waals surface area contributed by atoms with Crippen molar-refractivity contribution in [1.29, 1.82) is 0 Å². The molecule has 9 nitrogen and oxygen atoms in total. The fourth-order valence-corrected chi connectivity index (χ4v) is 5.69. The Morgan fingerprint density at radius 1 is 0.978 bits per heavy atom. The van der Waals surface area contributed by atoms with Gasteiger partial charge in [-0.15, -0.1) is 25.2 Å². The minimum absolute atomic E-state index is 0.108. The number of hydrogen-bond donors (Lipinski definition) is 4. The van der Waals surface area contributed by atoms with E-state index in [9.17, 15) is 29.0 Å². The minimum atomic E-state index is -1.38. The van der Waals surface area contributed by atoms with Gasteiger partial charge in [0.25, 0.3) is 0 Å². The smallest absolute Gasteiger partial charge is 0.245 e. The Labute approximate surface area is 273 Å². The molecule has 5 atom stereocenters. The normalized spacial score (nSPS) is 16.6. The number of nitrogens with one attached hydrogen (secondary N) is 2. The first-order valence-corrected chi connectivity index (χ1v) is 15.9. The summed E-state index contributed by atoms with van der Waals surface area (Å²) in [5, 5.41) is 27.0. The summed E-state index contributed by atoms with van der Waals surface area (Å²) in [6.07, 6.45) is 19.5. The van der Waals surface area contributed by atoms with Crippen molar-refractivity contribution in [3.63, 3.8) is 0 Å². The highest BCUT2D eigenvalue weighted by Crippen LogP contribution is 2.29. The van der Waals surface area contributed by atoms with E-state index < -0.39 is 54.7 Å². The van der Waals surface area contributed by atoms with Crippen LogP contribution in [0, 0.1) is 54.8 Å². The summed E-state index contributed by atoms with van der Waals surface area (Å²) in [7, 11) is 3.18. The van der Waals surface area contributed by atoms with Crippen molar-refractivity contribution >= 4 is 17.7 Å². The van der Waals surface area contributed by atoms with Crippen molar-refractivity contribution in [2.75, 3.05) is 34.0 Å². The maximum absolute atomic E-state index is 13.8. The molecule has 4 N–H and O–H groups in total. The average molecular weight is 637 g/mol. The zero-order chi connectivity index (χ0) is 34.1. The summed E-state index contributed by atoms with van der Waals surface area (Å²) >= 11 is 0. The van der Waals surface area contributed by atoms with Gasteiger partial charge in [-0.25, -0.2) is 4.39 Å². The lowest BCUT2D eigenvalue weighted by molar-refractivity contribution is -0.137. The van der Waals surface area contributed by atoms with Crippen LogP contribution in [0.5, 0.6) is 0 Å². The Morgan fingerprint density at radius 3 is 2.22 bits per heavy atom. The molecule has 0 bridgehead atoms. The molecular weight excluding hydrogens is 587 g/mol. The summed E-state index contributed by atoms with van der Waals surface area (Å²) in [5.74, 6) is 3.67. The van der Waals surface area contributed by atoms with E-state index >= 15 is 0 Å². The van der Waals surface area contributed by atoms with Crippen molar-refractivity contribution in [2.45, 2.75) is 82.1 Å². The lowest BCUT2D eigenvalue weighted by atomic mass is 9.82. The first-order valence-electron chi connectivity index (χ1n) is 15.9. The van der Waals surface area contributed by atoms with E-state index in [1.54, 1.807) is 14.1 Å². The Balaban J connectivity index is 2.31. The number of rotatable bonds is 18. The lowest BCUT2D eigenvalue weighted by Crippen LogP contribution is -2.57. The quantitative estimate of drug-likeness (QED) is 0.145. The van der Waals surface area contributed by atoms with Crippen molar-refractivity contribution in [2.24, 2.45) is 17.8 Å². The minimum Gasteiger partial charge on any atom is -0.389 e. The second-order valence-electron chi connectivity index (χ2n) is 12.2. The molecular formula is C36H49FN4O5. The molecule has 2 rings (SSSR count). The summed E-state index contributed by atoms with van der Waals surface area (Å²) in [4.78, 5) is 43.7. The Morgan fingerprint density at radius 2 is 1.63 bits per heavy atom. The van der Waals surface area contributed by atoms with Gasteiger partial charge >= 0.3 is 0 Å². The van der Waals surface area contributed by atoms with Gasteiger partial charge < -0.3 is 25.7 Å². The SMILES string of the molecule is C#CCC(O)C(O)C(CC1CCCCC1)NC(=O)[C@@H](NC(=O)C(CC(=O)N(C)CCN(C)CF)Cc1ccccc1)C(C#C)C#C. The number of alkyl halides is 1. The fraction of sp³-hybridized carbons (Fsp3) is 0.583. The molecule has 0 radical (unpaired) electrons. The summed E-state index contributed by atoms with van der Waals surface area (Å²) in [6, 6.07) is 6.90. The third kappa shape index (κ3) is 12.5. The second-order valence-corrected chi connectivity index (χ2v) is 12.2. The number of aliphatic hydroxyl groups excluding tert-OH is 2. The van der Waals surface area contributed by atoms with E-state index in [4.69, 9.17) is 19.3 Å². The van der Waals surface area contributed by atoms with Crippen molar-refractivity contribution in [3.05, 3.63) is 35.9 Å². The van der Waals surface area contributed by atoms with Crippen LogP contribution in [0.15, 0.2) is 30.3 Å². The molecule has 1 fully saturated rings. The number of likely N-dealkylation sites (N-methyl/N-ethyl adjacent to an activating group) is 2. The van der Waals surface area contributed by atoms with Crippen molar-refractivity contribution in [1.82, 2.24) is 20.4 Å². The van der Waals surface area contributed by atoms with Gasteiger partial charge in [-0.05, 0) is 31.4 Å². The van der Waals surface area contributed by atoms with Crippen LogP contribution in [-0.4, -0.2) is 96.0 Å². The highest BCUT2D eigenvalue weighted by atomic mass is 19.1. The Bertz CT molecular complexity index is 1220. The van der Waals surface area contributed by atoms with Gasteiger partial charge in [0.15, 0.2) is 0 Å². The summed E-state index contributed by atoms with van der Waals surface area (Å²) < 4.78 is 12.9. The maximum atomic E-state index is 13.8. The molecule has 0 aliphatic heterocycles. The van der Waals surface area contributed by atoms with Crippen LogP contribution in [0.1, 0.15) is 56.9 Å². The number of halogens is 1. The highest BCUT2D eigenvalue weighted by Gasteiger charge is 2.36. The first kappa shape index (κ1) is 38.3. The molecule has 0 heterocycles. The molecule has 1 aliphatic carbocycles. The van der Waals surface area contributed by atoms with E-state index in [1.165, 1.54) is 9.80 Å². The standard InChI is InChI=1S/C36H49FN4O5/c1-6-15-31(42)34(44)30(23-27-18-13-10-14-19-27)38-36(46)33(28(7-2)8-3)39-35(45)29(22-26-16-11-9-12-17-26)24-32(43)41(5)21-20-40(4)25-37/h1-3,9,11-12,16-17,27-31,33-34,42,44H,10,13-15,18-25H2,4-5H3,(H,38,46)(H,39,45)/t29?,30?,31?,33-,34?/m0/s1. The molecule has 0 spiro atoms. The van der Waals surface area contributed by atoms with Crippen molar-refractivity contribution in [3.8, 4) is 37.0 Å². The van der Waals surface area contributed by atoms with Crippen LogP contribution in [0.25, 0.3) is 0 Å². The molecule has 0 saturated heterocycles. The zero-order valence-electron chi connectivity index (χ0n) is 27.0. The van der Waals surface area contributed by atoms with Crippen LogP contribution in [0.2, 0.25) is 0 Å². The molecule has 1 saturated carbocycles. The first-order chi connectivity index (χ1) is 22.0. The van der Waals surface area contributed by atoms with Crippen LogP contribution >= 0.6 is 0 Å². The predicted molar refractivity (Wildman–Crippen MR) is 176 cm³/mol. The Kier molecular flexibility index (Phi) is 16.9. The molecule has 1 aliphatic rings. The lowest BCUT2D eigenvalue weighted by Gasteiger charge is -2.33. The van der Waals surface area contributed by atoms with Gasteiger partial charge in [0, 0.05) is 33.0 Å². The third-order valence-electron chi connectivity index (χ3n) is 8.61. The third-order valence-corrected chi connectivity index (χ3v) is 8.61. The van der Waals surface area contributed by atoms with Crippen LogP contribution in [0.4, 0.5) is 4.39 Å². The van der Waals surface area contributed by atoms with E-state index in [2.05, 4.69) is 28.4 Å².